The topological polar surface area (TPSA) is 61.6 Å². The molecule has 0 heterocycles. The van der Waals surface area contributed by atoms with Crippen molar-refractivity contribution >= 4 is 11.7 Å². The SMILES string of the molecule is C=COc1cc(N)c(OC(C)=O)cc1CC1C(=C)C[C@H](C)CC1(C)C. The Bertz CT molecular complexity index is 691. The van der Waals surface area contributed by atoms with Gasteiger partial charge in [-0.25, -0.2) is 0 Å². The Balaban J connectivity index is 2.40. The lowest BCUT2D eigenvalue weighted by molar-refractivity contribution is -0.131. The molecule has 2 atom stereocenters. The second-order valence-corrected chi connectivity index (χ2v) is 7.79. The first kappa shape index (κ1) is 19.1. The highest BCUT2D eigenvalue weighted by Crippen LogP contribution is 2.48. The first-order valence-corrected chi connectivity index (χ1v) is 8.70. The van der Waals surface area contributed by atoms with E-state index in [0.717, 1.165) is 24.8 Å². The summed E-state index contributed by atoms with van der Waals surface area (Å²) in [5, 5.41) is 0. The molecule has 0 bridgehead atoms. The molecule has 0 aromatic heterocycles. The van der Waals surface area contributed by atoms with E-state index in [1.807, 2.05) is 0 Å². The highest BCUT2D eigenvalue weighted by molar-refractivity contribution is 5.73. The van der Waals surface area contributed by atoms with Gasteiger partial charge in [0.25, 0.3) is 0 Å². The van der Waals surface area contributed by atoms with Gasteiger partial charge >= 0.3 is 5.97 Å². The van der Waals surface area contributed by atoms with Crippen molar-refractivity contribution in [3.63, 3.8) is 0 Å². The highest BCUT2D eigenvalue weighted by Gasteiger charge is 2.38. The first-order valence-electron chi connectivity index (χ1n) is 8.70. The summed E-state index contributed by atoms with van der Waals surface area (Å²) in [6, 6.07) is 3.49. The summed E-state index contributed by atoms with van der Waals surface area (Å²) in [7, 11) is 0. The van der Waals surface area contributed by atoms with Crippen molar-refractivity contribution in [3.8, 4) is 11.5 Å². The fraction of sp³-hybridized carbons (Fsp3) is 0.476. The summed E-state index contributed by atoms with van der Waals surface area (Å²) in [4.78, 5) is 11.3. The molecular formula is C21H29NO3. The Hall–Kier alpha value is -2.23. The smallest absolute Gasteiger partial charge is 0.308 e. The Morgan fingerprint density at radius 3 is 2.64 bits per heavy atom. The van der Waals surface area contributed by atoms with Gasteiger partial charge in [0.15, 0.2) is 5.75 Å². The van der Waals surface area contributed by atoms with Gasteiger partial charge in [-0.05, 0) is 48.1 Å². The number of nitrogens with two attached hydrogens (primary N) is 1. The van der Waals surface area contributed by atoms with Crippen molar-refractivity contribution in [2.45, 2.75) is 47.0 Å². The van der Waals surface area contributed by atoms with Gasteiger partial charge in [-0.3, -0.25) is 4.79 Å². The number of carbonyl (C=O) groups excluding carboxylic acids is 1. The van der Waals surface area contributed by atoms with Gasteiger partial charge in [-0.15, -0.1) is 0 Å². The largest absolute Gasteiger partial charge is 0.465 e. The molecule has 1 aliphatic carbocycles. The van der Waals surface area contributed by atoms with E-state index in [1.165, 1.54) is 18.8 Å². The molecule has 25 heavy (non-hydrogen) atoms. The molecule has 1 saturated carbocycles. The molecule has 1 aliphatic rings. The minimum Gasteiger partial charge on any atom is -0.465 e. The minimum absolute atomic E-state index is 0.142. The van der Waals surface area contributed by atoms with Crippen LogP contribution in [0.25, 0.3) is 0 Å². The number of benzene rings is 1. The number of anilines is 1. The standard InChI is InChI=1S/C21H29NO3/c1-7-24-19-11-18(22)20(25-15(4)23)10-16(19)9-17-14(3)8-13(2)12-21(17,5)6/h7,10-11,13,17H,1,3,8-9,12,22H2,2,4-6H3/t13-,17?/m0/s1. The first-order chi connectivity index (χ1) is 11.6. The molecule has 0 saturated heterocycles. The summed E-state index contributed by atoms with van der Waals surface area (Å²) in [5.74, 6) is 1.58. The van der Waals surface area contributed by atoms with Gasteiger partial charge in [0.1, 0.15) is 5.75 Å². The van der Waals surface area contributed by atoms with Crippen LogP contribution in [0.2, 0.25) is 0 Å². The fourth-order valence-electron chi connectivity index (χ4n) is 4.12. The van der Waals surface area contributed by atoms with Crippen molar-refractivity contribution in [1.29, 1.82) is 0 Å². The zero-order chi connectivity index (χ0) is 18.8. The normalized spacial score (nSPS) is 22.3. The van der Waals surface area contributed by atoms with Gasteiger partial charge in [0.2, 0.25) is 0 Å². The third kappa shape index (κ3) is 4.44. The molecule has 136 valence electrons. The van der Waals surface area contributed by atoms with Gasteiger partial charge in [-0.2, -0.15) is 0 Å². The Morgan fingerprint density at radius 2 is 2.08 bits per heavy atom. The summed E-state index contributed by atoms with van der Waals surface area (Å²) in [6.45, 7) is 16.2. The molecule has 4 heteroatoms. The second-order valence-electron chi connectivity index (χ2n) is 7.79. The van der Waals surface area contributed by atoms with E-state index in [2.05, 4.69) is 33.9 Å². The van der Waals surface area contributed by atoms with Crippen LogP contribution in [0.4, 0.5) is 5.69 Å². The predicted octanol–water partition coefficient (Wildman–Crippen LogP) is 4.89. The average Bonchev–Trinajstić information content (AvgIpc) is 2.46. The number of carbonyl (C=O) groups is 1. The zero-order valence-electron chi connectivity index (χ0n) is 15.7. The zero-order valence-corrected chi connectivity index (χ0v) is 15.7. The van der Waals surface area contributed by atoms with Crippen LogP contribution in [-0.4, -0.2) is 5.97 Å². The number of allylic oxidation sites excluding steroid dienone is 1. The molecule has 0 spiro atoms. The quantitative estimate of drug-likeness (QED) is 0.272. The second kappa shape index (κ2) is 7.34. The molecule has 0 radical (unpaired) electrons. The minimum atomic E-state index is -0.397. The van der Waals surface area contributed by atoms with Crippen LogP contribution in [0.1, 0.15) is 46.1 Å². The third-order valence-electron chi connectivity index (χ3n) is 5.00. The Kier molecular flexibility index (Phi) is 5.61. The summed E-state index contributed by atoms with van der Waals surface area (Å²) in [6.07, 6.45) is 4.33. The lowest BCUT2D eigenvalue weighted by Gasteiger charge is -2.43. The molecule has 2 N–H and O–H groups in total. The van der Waals surface area contributed by atoms with Crippen molar-refractivity contribution in [2.75, 3.05) is 5.73 Å². The van der Waals surface area contributed by atoms with Crippen molar-refractivity contribution < 1.29 is 14.3 Å². The molecule has 0 amide bonds. The maximum atomic E-state index is 11.3. The van der Waals surface area contributed by atoms with Crippen LogP contribution >= 0.6 is 0 Å². The van der Waals surface area contributed by atoms with Crippen LogP contribution in [0.5, 0.6) is 11.5 Å². The Labute approximate surface area is 150 Å². The molecule has 0 aliphatic heterocycles. The van der Waals surface area contributed by atoms with Crippen LogP contribution in [0, 0.1) is 17.3 Å². The van der Waals surface area contributed by atoms with Crippen molar-refractivity contribution in [1.82, 2.24) is 0 Å². The number of hydrogen-bond donors (Lipinski definition) is 1. The number of nitrogen functional groups attached to an aromatic ring is 1. The van der Waals surface area contributed by atoms with Crippen molar-refractivity contribution in [2.24, 2.45) is 17.3 Å². The third-order valence-corrected chi connectivity index (χ3v) is 5.00. The molecular weight excluding hydrogens is 314 g/mol. The maximum absolute atomic E-state index is 11.3. The molecule has 4 nitrogen and oxygen atoms in total. The molecule has 1 aromatic carbocycles. The van der Waals surface area contributed by atoms with Crippen molar-refractivity contribution in [3.05, 3.63) is 42.7 Å². The van der Waals surface area contributed by atoms with E-state index in [1.54, 1.807) is 12.1 Å². The van der Waals surface area contributed by atoms with E-state index in [-0.39, 0.29) is 5.41 Å². The van der Waals surface area contributed by atoms with E-state index in [4.69, 9.17) is 15.2 Å². The van der Waals surface area contributed by atoms with E-state index >= 15 is 0 Å². The lowest BCUT2D eigenvalue weighted by Crippen LogP contribution is -2.34. The van der Waals surface area contributed by atoms with Gasteiger partial charge in [-0.1, -0.05) is 39.5 Å². The van der Waals surface area contributed by atoms with Crippen LogP contribution in [-0.2, 0) is 11.2 Å². The highest BCUT2D eigenvalue weighted by atomic mass is 16.5. The fourth-order valence-corrected chi connectivity index (χ4v) is 4.12. The maximum Gasteiger partial charge on any atom is 0.308 e. The molecule has 1 fully saturated rings. The molecule has 1 unspecified atom stereocenters. The predicted molar refractivity (Wildman–Crippen MR) is 102 cm³/mol. The summed E-state index contributed by atoms with van der Waals surface area (Å²) < 4.78 is 10.8. The van der Waals surface area contributed by atoms with E-state index in [0.29, 0.717) is 29.0 Å². The van der Waals surface area contributed by atoms with Crippen LogP contribution in [0.15, 0.2) is 37.1 Å². The van der Waals surface area contributed by atoms with E-state index in [9.17, 15) is 4.79 Å². The lowest BCUT2D eigenvalue weighted by atomic mass is 9.62. The number of esters is 1. The van der Waals surface area contributed by atoms with Gasteiger partial charge < -0.3 is 15.2 Å². The number of ether oxygens (including phenoxy) is 2. The Morgan fingerprint density at radius 1 is 1.40 bits per heavy atom. The monoisotopic (exact) mass is 343 g/mol. The average molecular weight is 343 g/mol. The summed E-state index contributed by atoms with van der Waals surface area (Å²) >= 11 is 0. The van der Waals surface area contributed by atoms with Crippen LogP contribution < -0.4 is 15.2 Å². The summed E-state index contributed by atoms with van der Waals surface area (Å²) in [5.41, 5.74) is 8.71. The van der Waals surface area contributed by atoms with E-state index < -0.39 is 5.97 Å². The number of rotatable bonds is 5. The van der Waals surface area contributed by atoms with Crippen LogP contribution in [0.3, 0.4) is 0 Å². The van der Waals surface area contributed by atoms with Gasteiger partial charge in [0, 0.05) is 13.0 Å². The molecule has 1 aromatic rings. The van der Waals surface area contributed by atoms with Gasteiger partial charge in [0.05, 0.1) is 11.9 Å². The number of hydrogen-bond acceptors (Lipinski definition) is 4. The molecule has 2 rings (SSSR count).